The Morgan fingerprint density at radius 1 is 1.33 bits per heavy atom. The van der Waals surface area contributed by atoms with Crippen LogP contribution in [-0.2, 0) is 4.79 Å². The normalized spacial score (nSPS) is 17.8. The highest BCUT2D eigenvalue weighted by Crippen LogP contribution is 2.26. The van der Waals surface area contributed by atoms with Crippen molar-refractivity contribution in [2.24, 2.45) is 11.0 Å². The van der Waals surface area contributed by atoms with Crippen LogP contribution in [0.25, 0.3) is 0 Å². The Bertz CT molecular complexity index is 531. The number of carbonyl (C=O) groups is 1. The fourth-order valence-electron chi connectivity index (χ4n) is 1.85. The minimum absolute atomic E-state index is 0.315. The summed E-state index contributed by atoms with van der Waals surface area (Å²) in [6, 6.07) is 0. The number of carbonyl (C=O) groups excluding carboxylic acids is 1. The van der Waals surface area contributed by atoms with Crippen molar-refractivity contribution in [1.82, 2.24) is 5.43 Å². The summed E-state index contributed by atoms with van der Waals surface area (Å²) in [6.45, 7) is 0. The molecule has 4 N–H and O–H groups in total. The van der Waals surface area contributed by atoms with Gasteiger partial charge >= 0.3 is 0 Å². The van der Waals surface area contributed by atoms with E-state index in [0.29, 0.717) is 17.7 Å². The van der Waals surface area contributed by atoms with Crippen LogP contribution in [-0.4, -0.2) is 16.8 Å². The van der Waals surface area contributed by atoms with Crippen molar-refractivity contribution in [3.8, 4) is 0 Å². The van der Waals surface area contributed by atoms with Gasteiger partial charge in [-0.25, -0.2) is 5.84 Å². The van der Waals surface area contributed by atoms with Gasteiger partial charge in [0.25, 0.3) is 5.91 Å². The van der Waals surface area contributed by atoms with E-state index in [9.17, 15) is 4.79 Å². The molecule has 0 spiro atoms. The predicted molar refractivity (Wildman–Crippen MR) is 68.7 cm³/mol. The molecular formula is C13H13N3O2. The van der Waals surface area contributed by atoms with E-state index in [2.05, 4.69) is 10.6 Å². The lowest BCUT2D eigenvalue weighted by Crippen LogP contribution is -2.32. The number of nitrogens with two attached hydrogens (primary N) is 1. The van der Waals surface area contributed by atoms with Gasteiger partial charge in [-0.05, 0) is 35.8 Å². The fraction of sp³-hybridized carbons (Fsp3) is 0.0769. The molecule has 1 amide bonds. The Balaban J connectivity index is 2.39. The molecule has 5 nitrogen and oxygen atoms in total. The third-order valence-corrected chi connectivity index (χ3v) is 2.75. The van der Waals surface area contributed by atoms with E-state index in [4.69, 9.17) is 11.0 Å². The minimum atomic E-state index is -0.315. The van der Waals surface area contributed by atoms with Gasteiger partial charge in [0, 0.05) is 5.57 Å². The largest absolute Gasteiger partial charge is 0.410 e. The summed E-state index contributed by atoms with van der Waals surface area (Å²) < 4.78 is 0. The quantitative estimate of drug-likeness (QED) is 0.279. The molecule has 92 valence electrons. The van der Waals surface area contributed by atoms with Gasteiger partial charge in [0.15, 0.2) is 0 Å². The van der Waals surface area contributed by atoms with Crippen LogP contribution < -0.4 is 11.3 Å². The molecule has 0 aromatic carbocycles. The lowest BCUT2D eigenvalue weighted by atomic mass is 9.90. The predicted octanol–water partition coefficient (Wildman–Crippen LogP) is 1.12. The number of hydrogen-bond donors (Lipinski definition) is 3. The van der Waals surface area contributed by atoms with Crippen LogP contribution in [0.15, 0.2) is 64.4 Å². The molecule has 0 fully saturated rings. The third kappa shape index (κ3) is 2.31. The standard InChI is InChI=1S/C13H13N3O2/c14-15-13(17)12-4-2-1-3-11(12)9-5-7-10(16-18)8-6-9/h1-2,4-8,18H,3,14H2,(H,15,17). The first-order valence-electron chi connectivity index (χ1n) is 5.45. The molecule has 5 heteroatoms. The molecule has 18 heavy (non-hydrogen) atoms. The van der Waals surface area contributed by atoms with Crippen molar-refractivity contribution in [3.63, 3.8) is 0 Å². The molecule has 0 bridgehead atoms. The van der Waals surface area contributed by atoms with Gasteiger partial charge in [0.05, 0.1) is 0 Å². The van der Waals surface area contributed by atoms with Crippen molar-refractivity contribution in [1.29, 1.82) is 0 Å². The Kier molecular flexibility index (Phi) is 3.54. The number of hydrazine groups is 1. The first-order chi connectivity index (χ1) is 8.76. The molecular weight excluding hydrogens is 230 g/mol. The number of oxime groups is 1. The maximum absolute atomic E-state index is 11.7. The summed E-state index contributed by atoms with van der Waals surface area (Å²) in [5.74, 6) is 4.85. The van der Waals surface area contributed by atoms with Crippen molar-refractivity contribution in [2.75, 3.05) is 0 Å². The second-order valence-electron chi connectivity index (χ2n) is 3.81. The molecule has 0 saturated carbocycles. The Labute approximate surface area is 104 Å². The minimum Gasteiger partial charge on any atom is -0.410 e. The molecule has 0 unspecified atom stereocenters. The summed E-state index contributed by atoms with van der Waals surface area (Å²) >= 11 is 0. The Morgan fingerprint density at radius 2 is 2.06 bits per heavy atom. The number of allylic oxidation sites excluding steroid dienone is 8. The van der Waals surface area contributed by atoms with Crippen molar-refractivity contribution in [2.45, 2.75) is 6.42 Å². The molecule has 0 aliphatic heterocycles. The van der Waals surface area contributed by atoms with Crippen LogP contribution in [0.1, 0.15) is 6.42 Å². The first kappa shape index (κ1) is 12.1. The van der Waals surface area contributed by atoms with E-state index in [1.54, 1.807) is 30.4 Å². The zero-order chi connectivity index (χ0) is 13.0. The smallest absolute Gasteiger partial charge is 0.265 e. The molecule has 0 radical (unpaired) electrons. The number of hydrogen-bond acceptors (Lipinski definition) is 4. The molecule has 0 saturated heterocycles. The number of amides is 1. The number of rotatable bonds is 1. The zero-order valence-electron chi connectivity index (χ0n) is 9.63. The van der Waals surface area contributed by atoms with Crippen molar-refractivity contribution in [3.05, 3.63) is 59.3 Å². The molecule has 2 aliphatic carbocycles. The lowest BCUT2D eigenvalue weighted by molar-refractivity contribution is -0.117. The van der Waals surface area contributed by atoms with Gasteiger partial charge in [0.1, 0.15) is 5.71 Å². The van der Waals surface area contributed by atoms with Gasteiger partial charge in [-0.15, -0.1) is 0 Å². The second-order valence-corrected chi connectivity index (χ2v) is 3.81. The topological polar surface area (TPSA) is 87.7 Å². The van der Waals surface area contributed by atoms with Crippen LogP contribution >= 0.6 is 0 Å². The van der Waals surface area contributed by atoms with Gasteiger partial charge < -0.3 is 5.21 Å². The van der Waals surface area contributed by atoms with Crippen LogP contribution in [0.3, 0.4) is 0 Å². The SMILES string of the molecule is NNC(=O)C1=CC=CCC1=C1C=CC(=NO)C=C1. The lowest BCUT2D eigenvalue weighted by Gasteiger charge is -2.15. The molecule has 2 aliphatic rings. The van der Waals surface area contributed by atoms with E-state index in [-0.39, 0.29) is 5.91 Å². The maximum Gasteiger partial charge on any atom is 0.265 e. The van der Waals surface area contributed by atoms with Crippen LogP contribution in [0.5, 0.6) is 0 Å². The fourth-order valence-corrected chi connectivity index (χ4v) is 1.85. The summed E-state index contributed by atoms with van der Waals surface area (Å²) in [5.41, 5.74) is 4.96. The van der Waals surface area contributed by atoms with E-state index in [1.165, 1.54) is 0 Å². The second kappa shape index (κ2) is 5.29. The van der Waals surface area contributed by atoms with E-state index in [0.717, 1.165) is 11.1 Å². The monoisotopic (exact) mass is 243 g/mol. The average molecular weight is 243 g/mol. The molecule has 0 heterocycles. The van der Waals surface area contributed by atoms with Crippen LogP contribution in [0, 0.1) is 0 Å². The van der Waals surface area contributed by atoms with E-state index >= 15 is 0 Å². The molecule has 0 aromatic rings. The highest BCUT2D eigenvalue weighted by molar-refractivity contribution is 6.06. The molecule has 0 aromatic heterocycles. The Morgan fingerprint density at radius 3 is 2.67 bits per heavy atom. The van der Waals surface area contributed by atoms with Crippen LogP contribution in [0.2, 0.25) is 0 Å². The van der Waals surface area contributed by atoms with E-state index < -0.39 is 0 Å². The molecule has 2 rings (SSSR count). The Hall–Kier alpha value is -2.40. The number of nitrogens with one attached hydrogen (secondary N) is 1. The average Bonchev–Trinajstić information content (AvgIpc) is 2.46. The zero-order valence-corrected chi connectivity index (χ0v) is 9.63. The summed E-state index contributed by atoms with van der Waals surface area (Å²) in [4.78, 5) is 11.7. The molecule has 0 atom stereocenters. The summed E-state index contributed by atoms with van der Waals surface area (Å²) in [5, 5.41) is 11.7. The van der Waals surface area contributed by atoms with E-state index in [1.807, 2.05) is 12.2 Å². The van der Waals surface area contributed by atoms with Gasteiger partial charge in [0.2, 0.25) is 0 Å². The van der Waals surface area contributed by atoms with Crippen molar-refractivity contribution >= 4 is 11.6 Å². The van der Waals surface area contributed by atoms with Gasteiger partial charge in [-0.2, -0.15) is 0 Å². The summed E-state index contributed by atoms with van der Waals surface area (Å²) in [7, 11) is 0. The first-order valence-corrected chi connectivity index (χ1v) is 5.45. The summed E-state index contributed by atoms with van der Waals surface area (Å²) in [6.07, 6.45) is 13.2. The van der Waals surface area contributed by atoms with Crippen LogP contribution in [0.4, 0.5) is 0 Å². The highest BCUT2D eigenvalue weighted by Gasteiger charge is 2.17. The van der Waals surface area contributed by atoms with Gasteiger partial charge in [-0.3, -0.25) is 10.2 Å². The highest BCUT2D eigenvalue weighted by atomic mass is 16.4. The van der Waals surface area contributed by atoms with Gasteiger partial charge in [-0.1, -0.05) is 29.5 Å². The number of nitrogens with zero attached hydrogens (tertiary/aromatic N) is 1. The van der Waals surface area contributed by atoms with Crippen molar-refractivity contribution < 1.29 is 10.0 Å². The third-order valence-electron chi connectivity index (χ3n) is 2.75. The maximum atomic E-state index is 11.7.